The largest absolute Gasteiger partial charge is 0.481 e. The molecule has 1 aliphatic heterocycles. The number of carbonyl (C=O) groups is 1. The van der Waals surface area contributed by atoms with Crippen LogP contribution in [0.4, 0.5) is 4.39 Å². The fourth-order valence-electron chi connectivity index (χ4n) is 3.41. The standard InChI is InChI=1S/C19H18Cl2FNO4S/c20-17-9-12(10-18(24)25)8-16(19(17)21)13-2-1-7-23(11-13)28(26,27)15-5-3-14(22)4-6-15/h3-6,8-9,13H,1-2,7,10-11H2,(H,24,25). The maximum absolute atomic E-state index is 13.1. The van der Waals surface area contributed by atoms with Crippen molar-refractivity contribution in [3.8, 4) is 0 Å². The molecule has 28 heavy (non-hydrogen) atoms. The van der Waals surface area contributed by atoms with Crippen molar-refractivity contribution in [2.45, 2.75) is 30.1 Å². The zero-order chi connectivity index (χ0) is 20.5. The van der Waals surface area contributed by atoms with E-state index in [1.165, 1.54) is 22.5 Å². The number of carboxylic acids is 1. The lowest BCUT2D eigenvalue weighted by Gasteiger charge is -2.33. The van der Waals surface area contributed by atoms with Gasteiger partial charge in [-0.1, -0.05) is 29.3 Å². The Morgan fingerprint density at radius 1 is 1.21 bits per heavy atom. The number of carboxylic acid groups (broad SMARTS) is 1. The average Bonchev–Trinajstić information content (AvgIpc) is 2.64. The second-order valence-corrected chi connectivity index (χ2v) is 9.43. The van der Waals surface area contributed by atoms with E-state index in [9.17, 15) is 17.6 Å². The van der Waals surface area contributed by atoms with E-state index in [0.29, 0.717) is 35.5 Å². The Bertz CT molecular complexity index is 996. The molecule has 0 saturated carbocycles. The lowest BCUT2D eigenvalue weighted by atomic mass is 9.90. The summed E-state index contributed by atoms with van der Waals surface area (Å²) in [5.41, 5.74) is 1.15. The first kappa shape index (κ1) is 21.0. The third-order valence-electron chi connectivity index (χ3n) is 4.75. The minimum atomic E-state index is -3.78. The molecule has 1 N–H and O–H groups in total. The van der Waals surface area contributed by atoms with Crippen molar-refractivity contribution in [3.05, 3.63) is 63.4 Å². The summed E-state index contributed by atoms with van der Waals surface area (Å²) in [4.78, 5) is 11.1. The Labute approximate surface area is 172 Å². The second-order valence-electron chi connectivity index (χ2n) is 6.71. The third-order valence-corrected chi connectivity index (χ3v) is 7.44. The number of benzene rings is 2. The average molecular weight is 446 g/mol. The van der Waals surface area contributed by atoms with Gasteiger partial charge in [-0.25, -0.2) is 12.8 Å². The molecule has 9 heteroatoms. The van der Waals surface area contributed by atoms with Crippen LogP contribution in [0.2, 0.25) is 10.0 Å². The molecule has 1 aliphatic rings. The van der Waals surface area contributed by atoms with Gasteiger partial charge in [0, 0.05) is 13.1 Å². The number of aliphatic carboxylic acids is 1. The van der Waals surface area contributed by atoms with Gasteiger partial charge in [-0.15, -0.1) is 0 Å². The monoisotopic (exact) mass is 445 g/mol. The lowest BCUT2D eigenvalue weighted by molar-refractivity contribution is -0.136. The fraction of sp³-hybridized carbons (Fsp3) is 0.316. The summed E-state index contributed by atoms with van der Waals surface area (Å²) in [7, 11) is -3.78. The Balaban J connectivity index is 1.90. The molecule has 150 valence electrons. The zero-order valence-electron chi connectivity index (χ0n) is 14.7. The van der Waals surface area contributed by atoms with E-state index in [1.54, 1.807) is 6.07 Å². The van der Waals surface area contributed by atoms with Gasteiger partial charge in [0.05, 0.1) is 21.4 Å². The van der Waals surface area contributed by atoms with Crippen molar-refractivity contribution in [2.24, 2.45) is 0 Å². The molecule has 1 saturated heterocycles. The first-order valence-corrected chi connectivity index (χ1v) is 10.8. The molecule has 3 rings (SSSR count). The second kappa shape index (κ2) is 8.37. The normalized spacial score (nSPS) is 18.2. The number of hydrogen-bond donors (Lipinski definition) is 1. The van der Waals surface area contributed by atoms with Gasteiger partial charge in [0.15, 0.2) is 0 Å². The first-order chi connectivity index (χ1) is 13.2. The molecule has 1 heterocycles. The Morgan fingerprint density at radius 3 is 2.54 bits per heavy atom. The predicted molar refractivity (Wildman–Crippen MR) is 105 cm³/mol. The van der Waals surface area contributed by atoms with E-state index < -0.39 is 21.8 Å². The molecule has 0 aromatic heterocycles. The summed E-state index contributed by atoms with van der Waals surface area (Å²) in [6.45, 7) is 0.530. The number of sulfonamides is 1. The van der Waals surface area contributed by atoms with Crippen molar-refractivity contribution in [1.82, 2.24) is 4.31 Å². The number of halogens is 3. The van der Waals surface area contributed by atoms with E-state index in [2.05, 4.69) is 0 Å². The number of hydrogen-bond acceptors (Lipinski definition) is 3. The predicted octanol–water partition coefficient (Wildman–Crippen LogP) is 4.33. The van der Waals surface area contributed by atoms with Crippen LogP contribution < -0.4 is 0 Å². The van der Waals surface area contributed by atoms with Crippen LogP contribution in [0, 0.1) is 5.82 Å². The van der Waals surface area contributed by atoms with E-state index in [1.807, 2.05) is 0 Å². The third kappa shape index (κ3) is 4.49. The van der Waals surface area contributed by atoms with Crippen LogP contribution >= 0.6 is 23.2 Å². The van der Waals surface area contributed by atoms with E-state index in [4.69, 9.17) is 28.3 Å². The highest BCUT2D eigenvalue weighted by molar-refractivity contribution is 7.89. The van der Waals surface area contributed by atoms with Crippen molar-refractivity contribution in [3.63, 3.8) is 0 Å². The molecule has 0 spiro atoms. The highest BCUT2D eigenvalue weighted by Gasteiger charge is 2.32. The fourth-order valence-corrected chi connectivity index (χ4v) is 5.45. The molecule has 0 radical (unpaired) electrons. The van der Waals surface area contributed by atoms with Gasteiger partial charge in [0.2, 0.25) is 10.0 Å². The van der Waals surface area contributed by atoms with Crippen molar-refractivity contribution in [2.75, 3.05) is 13.1 Å². The molecular weight excluding hydrogens is 428 g/mol. The van der Waals surface area contributed by atoms with Crippen LogP contribution in [0.25, 0.3) is 0 Å². The molecule has 2 aromatic carbocycles. The Morgan fingerprint density at radius 2 is 1.89 bits per heavy atom. The quantitative estimate of drug-likeness (QED) is 0.742. The van der Waals surface area contributed by atoms with E-state index in [-0.39, 0.29) is 28.8 Å². The van der Waals surface area contributed by atoms with Gasteiger partial charge in [-0.2, -0.15) is 4.31 Å². The molecule has 2 aromatic rings. The van der Waals surface area contributed by atoms with Crippen LogP contribution in [-0.2, 0) is 21.2 Å². The summed E-state index contributed by atoms with van der Waals surface area (Å²) >= 11 is 12.5. The molecule has 1 fully saturated rings. The minimum Gasteiger partial charge on any atom is -0.481 e. The Hall–Kier alpha value is -1.67. The lowest BCUT2D eigenvalue weighted by Crippen LogP contribution is -2.39. The van der Waals surface area contributed by atoms with Gasteiger partial charge in [-0.05, 0) is 60.2 Å². The van der Waals surface area contributed by atoms with Crippen LogP contribution in [-0.4, -0.2) is 36.9 Å². The summed E-state index contributed by atoms with van der Waals surface area (Å²) in [6, 6.07) is 7.90. The van der Waals surface area contributed by atoms with Crippen LogP contribution in [0.5, 0.6) is 0 Å². The van der Waals surface area contributed by atoms with Gasteiger partial charge in [0.25, 0.3) is 0 Å². The summed E-state index contributed by atoms with van der Waals surface area (Å²) in [5, 5.41) is 9.58. The SMILES string of the molecule is O=C(O)Cc1cc(Cl)c(Cl)c(C2CCCN(S(=O)(=O)c3ccc(F)cc3)C2)c1. The maximum atomic E-state index is 13.1. The van der Waals surface area contributed by atoms with Gasteiger partial charge < -0.3 is 5.11 Å². The maximum Gasteiger partial charge on any atom is 0.307 e. The summed E-state index contributed by atoms with van der Waals surface area (Å²) in [6.07, 6.45) is 1.11. The number of nitrogens with zero attached hydrogens (tertiary/aromatic N) is 1. The molecule has 1 unspecified atom stereocenters. The van der Waals surface area contributed by atoms with Crippen LogP contribution in [0.3, 0.4) is 0 Å². The highest BCUT2D eigenvalue weighted by atomic mass is 35.5. The molecule has 0 bridgehead atoms. The van der Waals surface area contributed by atoms with Gasteiger partial charge in [-0.3, -0.25) is 4.79 Å². The molecule has 0 aliphatic carbocycles. The van der Waals surface area contributed by atoms with Gasteiger partial charge in [0.1, 0.15) is 5.82 Å². The Kier molecular flexibility index (Phi) is 6.29. The summed E-state index contributed by atoms with van der Waals surface area (Å²) in [5.74, 6) is -1.72. The molecule has 0 amide bonds. The molecular formula is C19H18Cl2FNO4S. The van der Waals surface area contributed by atoms with Gasteiger partial charge >= 0.3 is 5.97 Å². The number of rotatable bonds is 5. The smallest absolute Gasteiger partial charge is 0.307 e. The molecule has 5 nitrogen and oxygen atoms in total. The molecule has 1 atom stereocenters. The summed E-state index contributed by atoms with van der Waals surface area (Å²) < 4.78 is 40.3. The van der Waals surface area contributed by atoms with E-state index in [0.717, 1.165) is 12.1 Å². The topological polar surface area (TPSA) is 74.7 Å². The minimum absolute atomic E-state index is 0.0262. The van der Waals surface area contributed by atoms with E-state index >= 15 is 0 Å². The zero-order valence-corrected chi connectivity index (χ0v) is 17.1. The van der Waals surface area contributed by atoms with Crippen molar-refractivity contribution in [1.29, 1.82) is 0 Å². The number of piperidine rings is 1. The first-order valence-electron chi connectivity index (χ1n) is 8.64. The van der Waals surface area contributed by atoms with Crippen molar-refractivity contribution >= 4 is 39.2 Å². The highest BCUT2D eigenvalue weighted by Crippen LogP contribution is 2.38. The van der Waals surface area contributed by atoms with Crippen LogP contribution in [0.15, 0.2) is 41.3 Å². The van der Waals surface area contributed by atoms with Crippen LogP contribution in [0.1, 0.15) is 29.9 Å². The van der Waals surface area contributed by atoms with Crippen molar-refractivity contribution < 1.29 is 22.7 Å².